The third-order valence-electron chi connectivity index (χ3n) is 2.87. The fourth-order valence-corrected chi connectivity index (χ4v) is 1.88. The van der Waals surface area contributed by atoms with E-state index in [1.807, 2.05) is 6.92 Å². The molecule has 1 aliphatic rings. The molecule has 0 aliphatic carbocycles. The molecule has 2 rings (SSSR count). The highest BCUT2D eigenvalue weighted by Gasteiger charge is 2.23. The summed E-state index contributed by atoms with van der Waals surface area (Å²) in [6, 6.07) is 6.70. The summed E-state index contributed by atoms with van der Waals surface area (Å²) in [6.07, 6.45) is 2.30. The van der Waals surface area contributed by atoms with Gasteiger partial charge in [-0.3, -0.25) is 0 Å². The monoisotopic (exact) mass is 235 g/mol. The minimum Gasteiger partial charge on any atom is -0.459 e. The highest BCUT2D eigenvalue weighted by Crippen LogP contribution is 2.19. The Morgan fingerprint density at radius 1 is 1.41 bits per heavy atom. The fourth-order valence-electron chi connectivity index (χ4n) is 1.88. The minimum atomic E-state index is -0.326. The van der Waals surface area contributed by atoms with Gasteiger partial charge in [0.15, 0.2) is 0 Å². The van der Waals surface area contributed by atoms with E-state index in [1.54, 1.807) is 24.3 Å². The summed E-state index contributed by atoms with van der Waals surface area (Å²) >= 11 is 0. The zero-order chi connectivity index (χ0) is 12.3. The van der Waals surface area contributed by atoms with Gasteiger partial charge < -0.3 is 15.2 Å². The van der Waals surface area contributed by atoms with Crippen LogP contribution < -0.4 is 5.73 Å². The van der Waals surface area contributed by atoms with Crippen molar-refractivity contribution in [1.82, 2.24) is 0 Å². The van der Waals surface area contributed by atoms with E-state index >= 15 is 0 Å². The van der Waals surface area contributed by atoms with Gasteiger partial charge in [-0.1, -0.05) is 0 Å². The van der Waals surface area contributed by atoms with E-state index in [0.717, 1.165) is 12.8 Å². The number of carbonyl (C=O) groups is 1. The van der Waals surface area contributed by atoms with Gasteiger partial charge in [0.25, 0.3) is 0 Å². The number of hydrogen-bond acceptors (Lipinski definition) is 4. The van der Waals surface area contributed by atoms with Gasteiger partial charge in [-0.2, -0.15) is 0 Å². The van der Waals surface area contributed by atoms with Crippen molar-refractivity contribution >= 4 is 11.7 Å². The topological polar surface area (TPSA) is 61.5 Å². The number of benzene rings is 1. The average Bonchev–Trinajstić information content (AvgIpc) is 2.73. The van der Waals surface area contributed by atoms with Crippen molar-refractivity contribution < 1.29 is 14.3 Å². The maximum Gasteiger partial charge on any atom is 0.338 e. The van der Waals surface area contributed by atoms with E-state index in [0.29, 0.717) is 17.9 Å². The molecule has 1 saturated heterocycles. The lowest BCUT2D eigenvalue weighted by Crippen LogP contribution is -2.19. The predicted octanol–water partition coefficient (Wildman–Crippen LogP) is 1.99. The van der Waals surface area contributed by atoms with Crippen LogP contribution in [0, 0.1) is 0 Å². The summed E-state index contributed by atoms with van der Waals surface area (Å²) < 4.78 is 10.8. The number of hydrogen-bond donors (Lipinski definition) is 1. The van der Waals surface area contributed by atoms with Gasteiger partial charge in [0.05, 0.1) is 17.8 Å². The Morgan fingerprint density at radius 3 is 2.71 bits per heavy atom. The van der Waals surface area contributed by atoms with Crippen molar-refractivity contribution in [2.24, 2.45) is 0 Å². The molecule has 1 aromatic rings. The Kier molecular flexibility index (Phi) is 3.64. The van der Waals surface area contributed by atoms with E-state index < -0.39 is 0 Å². The number of nitrogen functional groups attached to an aromatic ring is 1. The van der Waals surface area contributed by atoms with Gasteiger partial charge in [0, 0.05) is 5.69 Å². The zero-order valence-corrected chi connectivity index (χ0v) is 9.89. The molecule has 4 heteroatoms. The standard InChI is InChI=1S/C13H17NO3/c1-9-2-7-12(17-9)8-16-13(15)10-3-5-11(14)6-4-10/h3-6,9,12H,2,7-8,14H2,1H3. The first kappa shape index (κ1) is 11.9. The number of esters is 1. The van der Waals surface area contributed by atoms with Crippen LogP contribution in [0.3, 0.4) is 0 Å². The zero-order valence-electron chi connectivity index (χ0n) is 9.89. The average molecular weight is 235 g/mol. The van der Waals surface area contributed by atoms with Crippen LogP contribution >= 0.6 is 0 Å². The van der Waals surface area contributed by atoms with Crippen LogP contribution in [0.15, 0.2) is 24.3 Å². The molecule has 17 heavy (non-hydrogen) atoms. The van der Waals surface area contributed by atoms with Crippen LogP contribution in [0.2, 0.25) is 0 Å². The lowest BCUT2D eigenvalue weighted by molar-refractivity contribution is -0.00265. The third kappa shape index (κ3) is 3.20. The smallest absolute Gasteiger partial charge is 0.338 e. The highest BCUT2D eigenvalue weighted by atomic mass is 16.6. The first-order valence-electron chi connectivity index (χ1n) is 5.83. The molecule has 0 saturated carbocycles. The van der Waals surface area contributed by atoms with Crippen LogP contribution in [0.4, 0.5) is 5.69 Å². The van der Waals surface area contributed by atoms with Crippen molar-refractivity contribution in [1.29, 1.82) is 0 Å². The molecule has 1 aromatic carbocycles. The number of anilines is 1. The van der Waals surface area contributed by atoms with Crippen molar-refractivity contribution in [2.45, 2.75) is 32.0 Å². The Bertz CT molecular complexity index is 388. The largest absolute Gasteiger partial charge is 0.459 e. The molecule has 1 fully saturated rings. The molecule has 1 aliphatic heterocycles. The molecule has 0 radical (unpaired) electrons. The minimum absolute atomic E-state index is 0.0442. The molecule has 0 spiro atoms. The maximum atomic E-state index is 11.7. The number of rotatable bonds is 3. The molecule has 2 atom stereocenters. The molecular weight excluding hydrogens is 218 g/mol. The third-order valence-corrected chi connectivity index (χ3v) is 2.87. The first-order valence-corrected chi connectivity index (χ1v) is 5.83. The predicted molar refractivity (Wildman–Crippen MR) is 64.7 cm³/mol. The summed E-state index contributed by atoms with van der Waals surface area (Å²) in [5.41, 5.74) is 6.70. The number of carbonyl (C=O) groups excluding carboxylic acids is 1. The van der Waals surface area contributed by atoms with Gasteiger partial charge in [0.2, 0.25) is 0 Å². The summed E-state index contributed by atoms with van der Waals surface area (Å²) in [4.78, 5) is 11.7. The van der Waals surface area contributed by atoms with Gasteiger partial charge in [-0.15, -0.1) is 0 Å². The van der Waals surface area contributed by atoms with E-state index in [2.05, 4.69) is 0 Å². The summed E-state index contributed by atoms with van der Waals surface area (Å²) in [6.45, 7) is 2.36. The van der Waals surface area contributed by atoms with Crippen LogP contribution in [-0.4, -0.2) is 24.8 Å². The molecule has 0 aromatic heterocycles. The van der Waals surface area contributed by atoms with E-state index in [1.165, 1.54) is 0 Å². The normalized spacial score (nSPS) is 23.6. The number of nitrogens with two attached hydrogens (primary N) is 1. The summed E-state index contributed by atoms with van der Waals surface area (Å²) in [5.74, 6) is -0.326. The lowest BCUT2D eigenvalue weighted by atomic mass is 10.2. The molecular formula is C13H17NO3. The highest BCUT2D eigenvalue weighted by molar-refractivity contribution is 5.89. The van der Waals surface area contributed by atoms with Gasteiger partial charge in [-0.25, -0.2) is 4.79 Å². The Labute approximate surface area is 101 Å². The van der Waals surface area contributed by atoms with Crippen molar-refractivity contribution in [3.8, 4) is 0 Å². The molecule has 1 heterocycles. The molecule has 0 amide bonds. The second-order valence-corrected chi connectivity index (χ2v) is 4.37. The van der Waals surface area contributed by atoms with Crippen molar-refractivity contribution in [3.05, 3.63) is 29.8 Å². The fraction of sp³-hybridized carbons (Fsp3) is 0.462. The summed E-state index contributed by atoms with van der Waals surface area (Å²) in [5, 5.41) is 0. The van der Waals surface area contributed by atoms with Crippen molar-refractivity contribution in [2.75, 3.05) is 12.3 Å². The van der Waals surface area contributed by atoms with Crippen LogP contribution in [-0.2, 0) is 9.47 Å². The Balaban J connectivity index is 1.83. The number of ether oxygens (including phenoxy) is 2. The Hall–Kier alpha value is -1.55. The molecule has 2 N–H and O–H groups in total. The van der Waals surface area contributed by atoms with E-state index in [-0.39, 0.29) is 18.2 Å². The first-order chi connectivity index (χ1) is 8.15. The maximum absolute atomic E-state index is 11.7. The second kappa shape index (κ2) is 5.19. The van der Waals surface area contributed by atoms with Crippen LogP contribution in [0.5, 0.6) is 0 Å². The van der Waals surface area contributed by atoms with E-state index in [4.69, 9.17) is 15.2 Å². The van der Waals surface area contributed by atoms with Crippen LogP contribution in [0.1, 0.15) is 30.1 Å². The molecule has 4 nitrogen and oxygen atoms in total. The SMILES string of the molecule is CC1CCC(COC(=O)c2ccc(N)cc2)O1. The quantitative estimate of drug-likeness (QED) is 0.643. The molecule has 2 unspecified atom stereocenters. The second-order valence-electron chi connectivity index (χ2n) is 4.37. The summed E-state index contributed by atoms with van der Waals surface area (Å²) in [7, 11) is 0. The van der Waals surface area contributed by atoms with E-state index in [9.17, 15) is 4.79 Å². The molecule has 92 valence electrons. The lowest BCUT2D eigenvalue weighted by Gasteiger charge is -2.11. The van der Waals surface area contributed by atoms with Gasteiger partial charge >= 0.3 is 5.97 Å². The molecule has 0 bridgehead atoms. The van der Waals surface area contributed by atoms with Gasteiger partial charge in [-0.05, 0) is 44.0 Å². The van der Waals surface area contributed by atoms with Crippen LogP contribution in [0.25, 0.3) is 0 Å². The van der Waals surface area contributed by atoms with Crippen molar-refractivity contribution in [3.63, 3.8) is 0 Å². The van der Waals surface area contributed by atoms with Gasteiger partial charge in [0.1, 0.15) is 6.61 Å². The Morgan fingerprint density at radius 2 is 2.12 bits per heavy atom.